The SMILES string of the molecule is CC1CCCCC1n1c(O)c(F)c(=O)[nH]c1=O. The van der Waals surface area contributed by atoms with Crippen molar-refractivity contribution >= 4 is 0 Å². The Labute approximate surface area is 96.9 Å². The van der Waals surface area contributed by atoms with Crippen molar-refractivity contribution in [1.82, 2.24) is 9.55 Å². The molecule has 5 nitrogen and oxygen atoms in total. The second kappa shape index (κ2) is 4.35. The summed E-state index contributed by atoms with van der Waals surface area (Å²) in [5, 5.41) is 9.60. The third-order valence-corrected chi connectivity index (χ3v) is 3.46. The Morgan fingerprint density at radius 2 is 2.00 bits per heavy atom. The van der Waals surface area contributed by atoms with Crippen LogP contribution >= 0.6 is 0 Å². The number of rotatable bonds is 1. The largest absolute Gasteiger partial charge is 0.492 e. The van der Waals surface area contributed by atoms with Gasteiger partial charge in [-0.3, -0.25) is 14.3 Å². The Balaban J connectivity index is 2.55. The van der Waals surface area contributed by atoms with Gasteiger partial charge in [-0.1, -0.05) is 19.8 Å². The molecule has 1 aromatic rings. The monoisotopic (exact) mass is 242 g/mol. The number of H-pyrrole nitrogens is 1. The van der Waals surface area contributed by atoms with E-state index in [0.717, 1.165) is 23.8 Å². The van der Waals surface area contributed by atoms with Crippen LogP contribution in [0.15, 0.2) is 9.59 Å². The third-order valence-electron chi connectivity index (χ3n) is 3.46. The first kappa shape index (κ1) is 11.9. The average molecular weight is 242 g/mol. The van der Waals surface area contributed by atoms with Crippen LogP contribution < -0.4 is 11.2 Å². The smallest absolute Gasteiger partial charge is 0.331 e. The molecule has 0 aromatic carbocycles. The zero-order valence-corrected chi connectivity index (χ0v) is 9.57. The highest BCUT2D eigenvalue weighted by Crippen LogP contribution is 2.34. The van der Waals surface area contributed by atoms with Crippen molar-refractivity contribution in [3.63, 3.8) is 0 Å². The molecular weight excluding hydrogens is 227 g/mol. The van der Waals surface area contributed by atoms with Gasteiger partial charge in [-0.2, -0.15) is 4.39 Å². The van der Waals surface area contributed by atoms with Crippen LogP contribution in [0, 0.1) is 11.7 Å². The molecule has 1 aliphatic rings. The molecule has 1 aliphatic carbocycles. The summed E-state index contributed by atoms with van der Waals surface area (Å²) >= 11 is 0. The van der Waals surface area contributed by atoms with Gasteiger partial charge in [0, 0.05) is 6.04 Å². The van der Waals surface area contributed by atoms with E-state index in [9.17, 15) is 19.1 Å². The van der Waals surface area contributed by atoms with Crippen LogP contribution in [0.4, 0.5) is 4.39 Å². The molecule has 0 aliphatic heterocycles. The summed E-state index contributed by atoms with van der Waals surface area (Å²) < 4.78 is 14.3. The minimum absolute atomic E-state index is 0.178. The summed E-state index contributed by atoms with van der Waals surface area (Å²) in [6.45, 7) is 1.96. The Bertz CT molecular complexity index is 534. The topological polar surface area (TPSA) is 75.1 Å². The Kier molecular flexibility index (Phi) is 3.04. The fraction of sp³-hybridized carbons (Fsp3) is 0.636. The molecule has 1 saturated carbocycles. The van der Waals surface area contributed by atoms with Crippen LogP contribution in [-0.2, 0) is 0 Å². The van der Waals surface area contributed by atoms with Crippen molar-refractivity contribution < 1.29 is 9.50 Å². The lowest BCUT2D eigenvalue weighted by Gasteiger charge is -2.30. The molecule has 1 heterocycles. The number of nitrogens with one attached hydrogen (secondary N) is 1. The van der Waals surface area contributed by atoms with Crippen LogP contribution in [0.1, 0.15) is 38.6 Å². The Morgan fingerprint density at radius 1 is 1.35 bits per heavy atom. The van der Waals surface area contributed by atoms with Gasteiger partial charge in [0.15, 0.2) is 0 Å². The van der Waals surface area contributed by atoms with Crippen LogP contribution in [0.2, 0.25) is 0 Å². The number of hydrogen-bond donors (Lipinski definition) is 2. The highest BCUT2D eigenvalue weighted by atomic mass is 19.1. The molecule has 1 fully saturated rings. The van der Waals surface area contributed by atoms with Gasteiger partial charge in [-0.25, -0.2) is 4.79 Å². The van der Waals surface area contributed by atoms with E-state index in [2.05, 4.69) is 0 Å². The summed E-state index contributed by atoms with van der Waals surface area (Å²) in [5.41, 5.74) is -1.92. The number of aromatic hydroxyl groups is 1. The predicted molar refractivity (Wildman–Crippen MR) is 59.6 cm³/mol. The number of nitrogens with zero attached hydrogens (tertiary/aromatic N) is 1. The van der Waals surface area contributed by atoms with Gasteiger partial charge < -0.3 is 5.11 Å². The van der Waals surface area contributed by atoms with Gasteiger partial charge in [0.25, 0.3) is 5.56 Å². The van der Waals surface area contributed by atoms with Crippen molar-refractivity contribution in [1.29, 1.82) is 0 Å². The summed E-state index contributed by atoms with van der Waals surface area (Å²) in [6.07, 6.45) is 3.64. The molecule has 2 unspecified atom stereocenters. The second-order valence-electron chi connectivity index (χ2n) is 4.60. The lowest BCUT2D eigenvalue weighted by molar-refractivity contribution is 0.221. The highest BCUT2D eigenvalue weighted by molar-refractivity contribution is 5.11. The number of aromatic amines is 1. The average Bonchev–Trinajstić information content (AvgIpc) is 2.29. The molecule has 2 rings (SSSR count). The van der Waals surface area contributed by atoms with E-state index in [0.29, 0.717) is 6.42 Å². The van der Waals surface area contributed by atoms with E-state index < -0.39 is 22.9 Å². The maximum absolute atomic E-state index is 13.3. The zero-order chi connectivity index (χ0) is 12.6. The molecular formula is C11H15FN2O3. The zero-order valence-electron chi connectivity index (χ0n) is 9.57. The van der Waals surface area contributed by atoms with Gasteiger partial charge >= 0.3 is 5.69 Å². The quantitative estimate of drug-likeness (QED) is 0.775. The van der Waals surface area contributed by atoms with Crippen LogP contribution in [0.3, 0.4) is 0 Å². The van der Waals surface area contributed by atoms with E-state index >= 15 is 0 Å². The maximum atomic E-state index is 13.3. The molecule has 1 aromatic heterocycles. The fourth-order valence-electron chi connectivity index (χ4n) is 2.50. The summed E-state index contributed by atoms with van der Waals surface area (Å²) in [5.74, 6) is -1.96. The van der Waals surface area contributed by atoms with E-state index in [1.165, 1.54) is 0 Å². The van der Waals surface area contributed by atoms with Gasteiger partial charge in [-0.15, -0.1) is 0 Å². The minimum Gasteiger partial charge on any atom is -0.492 e. The molecule has 0 bridgehead atoms. The number of hydrogen-bond acceptors (Lipinski definition) is 3. The fourth-order valence-corrected chi connectivity index (χ4v) is 2.50. The highest BCUT2D eigenvalue weighted by Gasteiger charge is 2.27. The van der Waals surface area contributed by atoms with E-state index in [1.807, 2.05) is 11.9 Å². The van der Waals surface area contributed by atoms with Gasteiger partial charge in [0.05, 0.1) is 0 Å². The molecule has 2 N–H and O–H groups in total. The molecule has 6 heteroatoms. The molecule has 17 heavy (non-hydrogen) atoms. The molecule has 0 radical (unpaired) electrons. The summed E-state index contributed by atoms with van der Waals surface area (Å²) in [7, 11) is 0. The third kappa shape index (κ3) is 1.99. The first-order valence-electron chi connectivity index (χ1n) is 5.75. The summed E-state index contributed by atoms with van der Waals surface area (Å²) in [6, 6.07) is -0.248. The standard InChI is InChI=1S/C11H15FN2O3/c1-6-4-2-3-5-7(6)14-10(16)8(12)9(15)13-11(14)17/h6-7,16H,2-5H2,1H3,(H,13,15,17). The van der Waals surface area contributed by atoms with Crippen molar-refractivity contribution in [3.8, 4) is 5.88 Å². The van der Waals surface area contributed by atoms with Gasteiger partial charge in [-0.05, 0) is 18.8 Å². The molecule has 0 amide bonds. The number of halogens is 1. The second-order valence-corrected chi connectivity index (χ2v) is 4.60. The van der Waals surface area contributed by atoms with E-state index in [4.69, 9.17) is 0 Å². The lowest BCUT2D eigenvalue weighted by atomic mass is 9.86. The Hall–Kier alpha value is -1.59. The molecule has 0 spiro atoms. The first-order chi connectivity index (χ1) is 8.02. The number of aromatic nitrogens is 2. The molecule has 94 valence electrons. The van der Waals surface area contributed by atoms with Crippen LogP contribution in [0.5, 0.6) is 5.88 Å². The van der Waals surface area contributed by atoms with Crippen molar-refractivity contribution in [3.05, 3.63) is 26.7 Å². The maximum Gasteiger partial charge on any atom is 0.331 e. The predicted octanol–water partition coefficient (Wildman–Crippen LogP) is 1.13. The first-order valence-corrected chi connectivity index (χ1v) is 5.75. The van der Waals surface area contributed by atoms with Crippen LogP contribution in [0.25, 0.3) is 0 Å². The van der Waals surface area contributed by atoms with Crippen molar-refractivity contribution in [2.45, 2.75) is 38.6 Å². The summed E-state index contributed by atoms with van der Waals surface area (Å²) in [4.78, 5) is 24.5. The minimum atomic E-state index is -1.29. The molecule has 0 saturated heterocycles. The normalized spacial score (nSPS) is 24.8. The van der Waals surface area contributed by atoms with Gasteiger partial charge in [0.2, 0.25) is 11.7 Å². The van der Waals surface area contributed by atoms with Crippen LogP contribution in [-0.4, -0.2) is 14.7 Å². The van der Waals surface area contributed by atoms with Crippen molar-refractivity contribution in [2.75, 3.05) is 0 Å². The van der Waals surface area contributed by atoms with Gasteiger partial charge in [0.1, 0.15) is 0 Å². The van der Waals surface area contributed by atoms with E-state index in [1.54, 1.807) is 0 Å². The lowest BCUT2D eigenvalue weighted by Crippen LogP contribution is -2.37. The van der Waals surface area contributed by atoms with Crippen molar-refractivity contribution in [2.24, 2.45) is 5.92 Å². The molecule has 2 atom stereocenters. The Morgan fingerprint density at radius 3 is 2.65 bits per heavy atom. The van der Waals surface area contributed by atoms with E-state index in [-0.39, 0.29) is 12.0 Å².